The maximum absolute atomic E-state index is 5.98. The molecular formula is C11H19BO. The van der Waals surface area contributed by atoms with E-state index in [-0.39, 0.29) is 5.60 Å². The Kier molecular flexibility index (Phi) is 2.68. The van der Waals surface area contributed by atoms with Crippen LogP contribution < -0.4 is 0 Å². The van der Waals surface area contributed by atoms with Gasteiger partial charge in [-0.25, -0.2) is 0 Å². The van der Waals surface area contributed by atoms with Crippen LogP contribution in [0.15, 0.2) is 0 Å². The molecule has 0 heterocycles. The molecule has 13 heavy (non-hydrogen) atoms. The van der Waals surface area contributed by atoms with Gasteiger partial charge in [-0.05, 0) is 50.9 Å². The minimum absolute atomic E-state index is 0.206. The highest BCUT2D eigenvalue weighted by atomic mass is 16.5. The summed E-state index contributed by atoms with van der Waals surface area (Å²) in [5, 5.41) is 0. The van der Waals surface area contributed by atoms with E-state index in [2.05, 4.69) is 6.92 Å². The lowest BCUT2D eigenvalue weighted by Crippen LogP contribution is -2.35. The summed E-state index contributed by atoms with van der Waals surface area (Å²) >= 11 is 0. The van der Waals surface area contributed by atoms with E-state index in [0.29, 0.717) is 0 Å². The predicted octanol–water partition coefficient (Wildman–Crippen LogP) is 2.56. The average molecular weight is 178 g/mol. The van der Waals surface area contributed by atoms with Crippen LogP contribution in [0.25, 0.3) is 0 Å². The summed E-state index contributed by atoms with van der Waals surface area (Å²) in [6.07, 6.45) is 7.31. The van der Waals surface area contributed by atoms with Crippen LogP contribution in [0.1, 0.15) is 39.0 Å². The van der Waals surface area contributed by atoms with Gasteiger partial charge < -0.3 is 4.74 Å². The molecule has 0 spiro atoms. The summed E-state index contributed by atoms with van der Waals surface area (Å²) in [6, 6.07) is 0. The van der Waals surface area contributed by atoms with Crippen molar-refractivity contribution in [2.45, 2.75) is 50.9 Å². The quantitative estimate of drug-likeness (QED) is 0.474. The molecule has 2 saturated carbocycles. The monoisotopic (exact) mass is 178 g/mol. The topological polar surface area (TPSA) is 9.23 Å². The Bertz CT molecular complexity index is 183. The first-order chi connectivity index (χ1) is 6.24. The van der Waals surface area contributed by atoms with Crippen molar-refractivity contribution in [2.24, 2.45) is 11.8 Å². The molecule has 0 aromatic heterocycles. The van der Waals surface area contributed by atoms with Gasteiger partial charge in [0.1, 0.15) is 0 Å². The number of hydrogen-bond acceptors (Lipinski definition) is 1. The molecule has 72 valence electrons. The molecule has 0 saturated heterocycles. The number of ether oxygens (including phenoxy) is 1. The van der Waals surface area contributed by atoms with Gasteiger partial charge in [0.05, 0.1) is 13.4 Å². The van der Waals surface area contributed by atoms with Gasteiger partial charge in [-0.15, -0.1) is 0 Å². The van der Waals surface area contributed by atoms with Crippen LogP contribution in [0.4, 0.5) is 0 Å². The van der Waals surface area contributed by atoms with E-state index in [0.717, 1.165) is 31.2 Å². The Labute approximate surface area is 82.6 Å². The largest absolute Gasteiger partial charge is 0.375 e. The molecule has 3 atom stereocenters. The highest BCUT2D eigenvalue weighted by molar-refractivity contribution is 6.08. The minimum Gasteiger partial charge on any atom is -0.375 e. The van der Waals surface area contributed by atoms with Crippen molar-refractivity contribution in [2.75, 3.05) is 6.61 Å². The molecule has 3 unspecified atom stereocenters. The summed E-state index contributed by atoms with van der Waals surface area (Å²) in [4.78, 5) is 0. The van der Waals surface area contributed by atoms with Crippen molar-refractivity contribution in [3.05, 3.63) is 0 Å². The number of fused-ring (bicyclic) bond motifs is 2. The lowest BCUT2D eigenvalue weighted by molar-refractivity contribution is -0.0689. The molecule has 2 bridgehead atoms. The van der Waals surface area contributed by atoms with Crippen molar-refractivity contribution < 1.29 is 4.74 Å². The van der Waals surface area contributed by atoms with E-state index < -0.39 is 0 Å². The summed E-state index contributed by atoms with van der Waals surface area (Å²) in [5.41, 5.74) is 0.206. The molecule has 0 N–H and O–H groups in total. The van der Waals surface area contributed by atoms with Crippen LogP contribution in [0.5, 0.6) is 0 Å². The molecule has 2 heteroatoms. The molecule has 0 aromatic rings. The average Bonchev–Trinajstić information content (AvgIpc) is 2.64. The summed E-state index contributed by atoms with van der Waals surface area (Å²) in [6.45, 7) is 3.16. The Morgan fingerprint density at radius 1 is 1.46 bits per heavy atom. The van der Waals surface area contributed by atoms with E-state index in [1.165, 1.54) is 25.7 Å². The normalized spacial score (nSPS) is 42.8. The van der Waals surface area contributed by atoms with Crippen LogP contribution >= 0.6 is 0 Å². The molecule has 0 aromatic carbocycles. The second-order valence-electron chi connectivity index (χ2n) is 4.88. The Morgan fingerprint density at radius 2 is 2.31 bits per heavy atom. The fourth-order valence-electron chi connectivity index (χ4n) is 3.12. The maximum atomic E-state index is 5.98. The van der Waals surface area contributed by atoms with Crippen molar-refractivity contribution in [1.82, 2.24) is 0 Å². The lowest BCUT2D eigenvalue weighted by atomic mass is 9.85. The molecule has 2 rings (SSSR count). The minimum atomic E-state index is 0.206. The van der Waals surface area contributed by atoms with Crippen LogP contribution in [0.2, 0.25) is 6.32 Å². The SMILES string of the molecule is [B]CCCOC1(C)CC2CCC1C2. The number of rotatable bonds is 4. The van der Waals surface area contributed by atoms with Gasteiger partial charge >= 0.3 is 0 Å². The third kappa shape index (κ3) is 1.78. The molecule has 2 radical (unpaired) electrons. The third-order valence-corrected chi connectivity index (χ3v) is 3.88. The van der Waals surface area contributed by atoms with Gasteiger partial charge in [0.15, 0.2) is 0 Å². The van der Waals surface area contributed by atoms with Gasteiger partial charge in [-0.3, -0.25) is 0 Å². The highest BCUT2D eigenvalue weighted by Crippen LogP contribution is 2.52. The Morgan fingerprint density at radius 3 is 2.85 bits per heavy atom. The Balaban J connectivity index is 1.83. The van der Waals surface area contributed by atoms with E-state index in [9.17, 15) is 0 Å². The zero-order valence-corrected chi connectivity index (χ0v) is 8.59. The third-order valence-electron chi connectivity index (χ3n) is 3.88. The molecule has 2 aliphatic carbocycles. The van der Waals surface area contributed by atoms with Crippen molar-refractivity contribution in [3.63, 3.8) is 0 Å². The lowest BCUT2D eigenvalue weighted by Gasteiger charge is -2.34. The van der Waals surface area contributed by atoms with Crippen LogP contribution in [0.3, 0.4) is 0 Å². The zero-order valence-electron chi connectivity index (χ0n) is 8.59. The van der Waals surface area contributed by atoms with Gasteiger partial charge in [-0.1, -0.05) is 6.32 Å². The highest BCUT2D eigenvalue weighted by Gasteiger charge is 2.48. The van der Waals surface area contributed by atoms with Crippen molar-refractivity contribution in [1.29, 1.82) is 0 Å². The van der Waals surface area contributed by atoms with E-state index in [1.807, 2.05) is 0 Å². The molecule has 0 aliphatic heterocycles. The molecule has 2 aliphatic rings. The summed E-state index contributed by atoms with van der Waals surface area (Å²) in [5.74, 6) is 1.81. The first-order valence-electron chi connectivity index (χ1n) is 5.58. The summed E-state index contributed by atoms with van der Waals surface area (Å²) < 4.78 is 5.98. The van der Waals surface area contributed by atoms with Crippen LogP contribution in [-0.2, 0) is 4.74 Å². The van der Waals surface area contributed by atoms with Gasteiger partial charge in [0.2, 0.25) is 0 Å². The van der Waals surface area contributed by atoms with Crippen LogP contribution in [-0.4, -0.2) is 20.1 Å². The summed E-state index contributed by atoms with van der Waals surface area (Å²) in [7, 11) is 5.45. The fourth-order valence-corrected chi connectivity index (χ4v) is 3.12. The standard InChI is InChI=1S/C11H19BO/c1-11(13-6-2-5-12)8-9-3-4-10(11)7-9/h9-10H,2-8H2,1H3. The van der Waals surface area contributed by atoms with E-state index in [1.54, 1.807) is 0 Å². The van der Waals surface area contributed by atoms with E-state index in [4.69, 9.17) is 12.6 Å². The first kappa shape index (κ1) is 9.58. The van der Waals surface area contributed by atoms with Gasteiger partial charge in [-0.2, -0.15) is 0 Å². The molecule has 2 fully saturated rings. The van der Waals surface area contributed by atoms with E-state index >= 15 is 0 Å². The first-order valence-corrected chi connectivity index (χ1v) is 5.58. The molecule has 1 nitrogen and oxygen atoms in total. The smallest absolute Gasteiger partial charge is 0.0685 e. The Hall–Kier alpha value is 0.0249. The number of hydrogen-bond donors (Lipinski definition) is 0. The predicted molar refractivity (Wildman–Crippen MR) is 55.0 cm³/mol. The second-order valence-corrected chi connectivity index (χ2v) is 4.88. The van der Waals surface area contributed by atoms with Crippen LogP contribution in [0, 0.1) is 11.8 Å². The zero-order chi connectivity index (χ0) is 9.31. The molecule has 0 amide bonds. The second kappa shape index (κ2) is 3.64. The van der Waals surface area contributed by atoms with Gasteiger partial charge in [0.25, 0.3) is 0 Å². The molecular weight excluding hydrogens is 159 g/mol. The fraction of sp³-hybridized carbons (Fsp3) is 1.00. The van der Waals surface area contributed by atoms with Gasteiger partial charge in [0, 0.05) is 6.61 Å². The maximum Gasteiger partial charge on any atom is 0.0685 e. The van der Waals surface area contributed by atoms with Crippen molar-refractivity contribution >= 4 is 7.85 Å². The van der Waals surface area contributed by atoms with Crippen molar-refractivity contribution in [3.8, 4) is 0 Å².